The molecule has 0 aliphatic heterocycles. The van der Waals surface area contributed by atoms with Crippen molar-refractivity contribution in [3.8, 4) is 5.82 Å². The van der Waals surface area contributed by atoms with E-state index >= 15 is 4.39 Å². The minimum absolute atomic E-state index is 0.0605. The molecule has 0 saturated heterocycles. The molecule has 36 heavy (non-hydrogen) atoms. The first-order valence-corrected chi connectivity index (χ1v) is 11.6. The van der Waals surface area contributed by atoms with Crippen LogP contribution < -0.4 is 10.6 Å². The first kappa shape index (κ1) is 23.6. The Morgan fingerprint density at radius 1 is 1.19 bits per heavy atom. The van der Waals surface area contributed by atoms with Crippen molar-refractivity contribution in [3.05, 3.63) is 77.3 Å². The lowest BCUT2D eigenvalue weighted by atomic mass is 9.69. The van der Waals surface area contributed by atoms with Crippen molar-refractivity contribution in [3.63, 3.8) is 0 Å². The smallest absolute Gasteiger partial charge is 0.223 e. The Bertz CT molecular complexity index is 1390. The molecule has 0 spiro atoms. The number of H-pyrrole nitrogens is 1. The predicted octanol–water partition coefficient (Wildman–Crippen LogP) is 4.34. The normalized spacial score (nSPS) is 20.0. The first-order valence-electron chi connectivity index (χ1n) is 11.6. The van der Waals surface area contributed by atoms with Gasteiger partial charge in [-0.1, -0.05) is 6.07 Å². The lowest BCUT2D eigenvalue weighted by molar-refractivity contribution is -0.135. The molecule has 1 fully saturated rings. The number of alkyl halides is 1. The Hall–Kier alpha value is -4.15. The summed E-state index contributed by atoms with van der Waals surface area (Å²) in [4.78, 5) is 21.5. The number of pyridine rings is 2. The molecule has 0 bridgehead atoms. The van der Waals surface area contributed by atoms with Gasteiger partial charge in [-0.2, -0.15) is 10.2 Å². The number of halogens is 2. The Balaban J connectivity index is 1.20. The minimum Gasteiger partial charge on any atom is -0.349 e. The van der Waals surface area contributed by atoms with Crippen LogP contribution in [0.1, 0.15) is 48.3 Å². The standard InChI is InChI=1S/C25H26F2N8O/c1-14-6-20(31-21(7-14)32-22-8-15(2)33-34-22)25(27)9-18(10-25)24(36)30-16(3)17-4-5-23(28-11-17)35-13-19(26)12-29-35/h4-8,11-13,16,18H,9-10H2,1-3H3,(H,30,36)(H2,31,32,33,34)/t16-,18-,25-/m0/s1. The van der Waals surface area contributed by atoms with Crippen LogP contribution in [0.25, 0.3) is 5.82 Å². The summed E-state index contributed by atoms with van der Waals surface area (Å²) >= 11 is 0. The molecule has 1 amide bonds. The van der Waals surface area contributed by atoms with Gasteiger partial charge in [-0.15, -0.1) is 0 Å². The molecule has 186 valence electrons. The SMILES string of the molecule is Cc1cc(Nc2cc(C)[nH]n2)nc([C@]2(F)C[C@H](C(=O)N[C@@H](C)c3ccc(-n4cc(F)cn4)nc3)C2)c1. The highest BCUT2D eigenvalue weighted by Gasteiger charge is 2.50. The van der Waals surface area contributed by atoms with E-state index in [1.807, 2.05) is 32.9 Å². The number of aromatic amines is 1. The van der Waals surface area contributed by atoms with E-state index in [-0.39, 0.29) is 24.8 Å². The van der Waals surface area contributed by atoms with Gasteiger partial charge in [0.05, 0.1) is 24.1 Å². The van der Waals surface area contributed by atoms with E-state index < -0.39 is 17.4 Å². The van der Waals surface area contributed by atoms with Gasteiger partial charge in [-0.25, -0.2) is 23.4 Å². The van der Waals surface area contributed by atoms with Gasteiger partial charge in [-0.3, -0.25) is 9.89 Å². The molecule has 0 aromatic carbocycles. The summed E-state index contributed by atoms with van der Waals surface area (Å²) in [5.41, 5.74) is 1.17. The van der Waals surface area contributed by atoms with Gasteiger partial charge in [0.15, 0.2) is 23.1 Å². The summed E-state index contributed by atoms with van der Waals surface area (Å²) in [6, 6.07) is 8.53. The van der Waals surface area contributed by atoms with E-state index in [1.165, 1.54) is 10.9 Å². The highest BCUT2D eigenvalue weighted by molar-refractivity contribution is 5.80. The van der Waals surface area contributed by atoms with Gasteiger partial charge in [-0.05, 0) is 62.9 Å². The van der Waals surface area contributed by atoms with E-state index in [0.717, 1.165) is 23.0 Å². The number of nitrogens with zero attached hydrogens (tertiary/aromatic N) is 5. The molecule has 3 N–H and O–H groups in total. The third-order valence-electron chi connectivity index (χ3n) is 6.32. The van der Waals surface area contributed by atoms with E-state index in [9.17, 15) is 9.18 Å². The maximum absolute atomic E-state index is 15.7. The number of carbonyl (C=O) groups excluding carboxylic acids is 1. The number of carbonyl (C=O) groups is 1. The zero-order valence-corrected chi connectivity index (χ0v) is 20.1. The summed E-state index contributed by atoms with van der Waals surface area (Å²) < 4.78 is 30.2. The van der Waals surface area contributed by atoms with E-state index in [0.29, 0.717) is 23.1 Å². The van der Waals surface area contributed by atoms with Crippen molar-refractivity contribution >= 4 is 17.5 Å². The van der Waals surface area contributed by atoms with Crippen molar-refractivity contribution in [1.82, 2.24) is 35.3 Å². The molecule has 5 rings (SSSR count). The van der Waals surface area contributed by atoms with Crippen LogP contribution in [0, 0.1) is 25.6 Å². The Morgan fingerprint density at radius 3 is 2.64 bits per heavy atom. The largest absolute Gasteiger partial charge is 0.349 e. The van der Waals surface area contributed by atoms with E-state index in [4.69, 9.17) is 0 Å². The predicted molar refractivity (Wildman–Crippen MR) is 129 cm³/mol. The molecule has 1 saturated carbocycles. The second-order valence-corrected chi connectivity index (χ2v) is 9.33. The number of nitrogens with one attached hydrogen (secondary N) is 3. The second kappa shape index (κ2) is 9.14. The van der Waals surface area contributed by atoms with Gasteiger partial charge >= 0.3 is 0 Å². The molecule has 4 aromatic heterocycles. The van der Waals surface area contributed by atoms with E-state index in [1.54, 1.807) is 24.4 Å². The number of amides is 1. The number of hydrogen-bond acceptors (Lipinski definition) is 6. The van der Waals surface area contributed by atoms with E-state index in [2.05, 4.69) is 35.9 Å². The number of aryl methyl sites for hydroxylation is 2. The highest BCUT2D eigenvalue weighted by atomic mass is 19.1. The van der Waals surface area contributed by atoms with Gasteiger partial charge in [0.25, 0.3) is 0 Å². The lowest BCUT2D eigenvalue weighted by Gasteiger charge is -2.40. The maximum Gasteiger partial charge on any atom is 0.223 e. The topological polar surface area (TPSA) is 113 Å². The van der Waals surface area contributed by atoms with Crippen molar-refractivity contribution in [1.29, 1.82) is 0 Å². The Labute approximate surface area is 206 Å². The Morgan fingerprint density at radius 2 is 2.00 bits per heavy atom. The molecule has 4 heterocycles. The minimum atomic E-state index is -1.67. The number of hydrogen-bond donors (Lipinski definition) is 3. The molecular formula is C25H26F2N8O. The van der Waals surface area contributed by atoms with Crippen molar-refractivity contribution < 1.29 is 13.6 Å². The summed E-state index contributed by atoms with van der Waals surface area (Å²) in [7, 11) is 0. The van der Waals surface area contributed by atoms with Gasteiger partial charge in [0, 0.05) is 23.9 Å². The molecule has 0 radical (unpaired) electrons. The van der Waals surface area contributed by atoms with Gasteiger partial charge < -0.3 is 10.6 Å². The molecule has 11 heteroatoms. The van der Waals surface area contributed by atoms with Crippen molar-refractivity contribution in [2.24, 2.45) is 5.92 Å². The zero-order chi connectivity index (χ0) is 25.4. The third-order valence-corrected chi connectivity index (χ3v) is 6.32. The molecule has 4 aromatic rings. The molecule has 1 aliphatic rings. The molecule has 1 aliphatic carbocycles. The van der Waals surface area contributed by atoms with Gasteiger partial charge in [0.2, 0.25) is 5.91 Å². The number of rotatable bonds is 7. The summed E-state index contributed by atoms with van der Waals surface area (Å²) in [5.74, 6) is 0.445. The molecule has 9 nitrogen and oxygen atoms in total. The summed E-state index contributed by atoms with van der Waals surface area (Å²) in [6.45, 7) is 5.60. The van der Waals surface area contributed by atoms with Crippen LogP contribution in [0.15, 0.2) is 48.9 Å². The maximum atomic E-state index is 15.7. The van der Waals surface area contributed by atoms with Crippen LogP contribution in [0.3, 0.4) is 0 Å². The summed E-state index contributed by atoms with van der Waals surface area (Å²) in [5, 5.41) is 16.9. The molecule has 0 unspecified atom stereocenters. The summed E-state index contributed by atoms with van der Waals surface area (Å²) in [6.07, 6.45) is 4.06. The fourth-order valence-electron chi connectivity index (χ4n) is 4.32. The zero-order valence-electron chi connectivity index (χ0n) is 20.1. The van der Waals surface area contributed by atoms with Crippen molar-refractivity contribution in [2.45, 2.75) is 45.3 Å². The van der Waals surface area contributed by atoms with Crippen LogP contribution in [0.4, 0.5) is 20.4 Å². The van der Waals surface area contributed by atoms with Crippen LogP contribution in [0.2, 0.25) is 0 Å². The molecule has 1 atom stereocenters. The monoisotopic (exact) mass is 492 g/mol. The lowest BCUT2D eigenvalue weighted by Crippen LogP contribution is -2.46. The average molecular weight is 493 g/mol. The fraction of sp³-hybridized carbons (Fsp3) is 0.320. The fourth-order valence-corrected chi connectivity index (χ4v) is 4.32. The van der Waals surface area contributed by atoms with Crippen LogP contribution in [-0.4, -0.2) is 35.9 Å². The second-order valence-electron chi connectivity index (χ2n) is 9.33. The van der Waals surface area contributed by atoms with Gasteiger partial charge in [0.1, 0.15) is 5.82 Å². The third kappa shape index (κ3) is 4.81. The quantitative estimate of drug-likeness (QED) is 0.354. The Kier molecular flexibility index (Phi) is 5.99. The number of anilines is 2. The average Bonchev–Trinajstić information content (AvgIpc) is 3.44. The number of aromatic nitrogens is 6. The highest BCUT2D eigenvalue weighted by Crippen LogP contribution is 2.49. The van der Waals surface area contributed by atoms with Crippen LogP contribution in [0.5, 0.6) is 0 Å². The molecular weight excluding hydrogens is 466 g/mol. The van der Waals surface area contributed by atoms with Crippen molar-refractivity contribution in [2.75, 3.05) is 5.32 Å². The first-order chi connectivity index (χ1) is 17.2. The van der Waals surface area contributed by atoms with Crippen LogP contribution in [-0.2, 0) is 10.5 Å². The van der Waals surface area contributed by atoms with Crippen LogP contribution >= 0.6 is 0 Å².